The maximum atomic E-state index is 5.42. The molecule has 1 saturated carbocycles. The number of piperidine rings is 1. The molecule has 3 rings (SSSR count). The van der Waals surface area contributed by atoms with Crippen LogP contribution in [0.2, 0.25) is 0 Å². The van der Waals surface area contributed by atoms with Crippen LogP contribution in [0.4, 0.5) is 0 Å². The molecule has 18 heavy (non-hydrogen) atoms. The van der Waals surface area contributed by atoms with Crippen LogP contribution in [-0.2, 0) is 6.42 Å². The summed E-state index contributed by atoms with van der Waals surface area (Å²) >= 11 is 0. The van der Waals surface area contributed by atoms with Crippen LogP contribution >= 0.6 is 0 Å². The summed E-state index contributed by atoms with van der Waals surface area (Å²) in [4.78, 5) is 4.59. The first-order valence-corrected chi connectivity index (χ1v) is 7.47. The minimum atomic E-state index is 0.322. The van der Waals surface area contributed by atoms with Crippen LogP contribution in [0.1, 0.15) is 69.1 Å². The molecule has 2 fully saturated rings. The zero-order chi connectivity index (χ0) is 12.2. The highest BCUT2D eigenvalue weighted by atomic mass is 16.5. The molecule has 1 N–H and O–H groups in total. The van der Waals surface area contributed by atoms with Gasteiger partial charge >= 0.3 is 0 Å². The van der Waals surface area contributed by atoms with Crippen molar-refractivity contribution in [2.75, 3.05) is 6.54 Å². The average Bonchev–Trinajstić information content (AvgIpc) is 2.89. The third-order valence-electron chi connectivity index (χ3n) is 4.29. The molecular formula is C14H23N3O. The van der Waals surface area contributed by atoms with Gasteiger partial charge in [-0.25, -0.2) is 0 Å². The topological polar surface area (TPSA) is 51.0 Å². The Morgan fingerprint density at radius 3 is 2.67 bits per heavy atom. The molecule has 0 spiro atoms. The van der Waals surface area contributed by atoms with Crippen molar-refractivity contribution < 1.29 is 4.52 Å². The summed E-state index contributed by atoms with van der Waals surface area (Å²) in [5, 5.41) is 7.62. The third kappa shape index (κ3) is 2.91. The van der Waals surface area contributed by atoms with E-state index in [1.54, 1.807) is 0 Å². The van der Waals surface area contributed by atoms with E-state index in [0.29, 0.717) is 6.04 Å². The highest BCUT2D eigenvalue weighted by Gasteiger charge is 2.22. The highest BCUT2D eigenvalue weighted by Crippen LogP contribution is 2.27. The second-order valence-corrected chi connectivity index (χ2v) is 5.76. The van der Waals surface area contributed by atoms with Gasteiger partial charge in [-0.2, -0.15) is 4.98 Å². The molecule has 1 atom stereocenters. The first kappa shape index (κ1) is 12.2. The average molecular weight is 249 g/mol. The molecule has 1 aliphatic carbocycles. The SMILES string of the molecule is C1CCC(Cc2nc(C3CCCCN3)no2)CC1. The van der Waals surface area contributed by atoms with Gasteiger partial charge in [0.15, 0.2) is 5.82 Å². The summed E-state index contributed by atoms with van der Waals surface area (Å²) in [7, 11) is 0. The van der Waals surface area contributed by atoms with Crippen LogP contribution in [0.3, 0.4) is 0 Å². The number of hydrogen-bond acceptors (Lipinski definition) is 4. The molecule has 4 nitrogen and oxygen atoms in total. The fourth-order valence-electron chi connectivity index (χ4n) is 3.20. The van der Waals surface area contributed by atoms with Crippen molar-refractivity contribution in [3.05, 3.63) is 11.7 Å². The van der Waals surface area contributed by atoms with Gasteiger partial charge < -0.3 is 9.84 Å². The molecule has 0 radical (unpaired) electrons. The summed E-state index contributed by atoms with van der Waals surface area (Å²) < 4.78 is 5.42. The molecular weight excluding hydrogens is 226 g/mol. The Bertz CT molecular complexity index is 365. The fraction of sp³-hybridized carbons (Fsp3) is 0.857. The van der Waals surface area contributed by atoms with Crippen LogP contribution in [-0.4, -0.2) is 16.7 Å². The molecule has 2 aliphatic rings. The summed E-state index contributed by atoms with van der Waals surface area (Å²) in [6, 6.07) is 0.322. The van der Waals surface area contributed by atoms with Gasteiger partial charge in [-0.05, 0) is 38.1 Å². The van der Waals surface area contributed by atoms with Gasteiger partial charge in [0.2, 0.25) is 5.89 Å². The van der Waals surface area contributed by atoms with Crippen molar-refractivity contribution >= 4 is 0 Å². The lowest BCUT2D eigenvalue weighted by Gasteiger charge is -2.20. The number of rotatable bonds is 3. The second kappa shape index (κ2) is 5.83. The van der Waals surface area contributed by atoms with E-state index in [4.69, 9.17) is 4.52 Å². The molecule has 1 unspecified atom stereocenters. The Balaban J connectivity index is 1.58. The number of nitrogens with one attached hydrogen (secondary N) is 1. The van der Waals surface area contributed by atoms with E-state index in [1.165, 1.54) is 44.9 Å². The van der Waals surface area contributed by atoms with E-state index < -0.39 is 0 Å². The summed E-state index contributed by atoms with van der Waals surface area (Å²) in [5.74, 6) is 2.50. The molecule has 0 bridgehead atoms. The summed E-state index contributed by atoms with van der Waals surface area (Å²) in [6.45, 7) is 1.08. The van der Waals surface area contributed by atoms with E-state index in [1.807, 2.05) is 0 Å². The van der Waals surface area contributed by atoms with Crippen LogP contribution < -0.4 is 5.32 Å². The lowest BCUT2D eigenvalue weighted by molar-refractivity contribution is 0.300. The smallest absolute Gasteiger partial charge is 0.226 e. The number of hydrogen-bond donors (Lipinski definition) is 1. The van der Waals surface area contributed by atoms with Crippen LogP contribution in [0.15, 0.2) is 4.52 Å². The Morgan fingerprint density at radius 2 is 1.89 bits per heavy atom. The minimum absolute atomic E-state index is 0.322. The van der Waals surface area contributed by atoms with Gasteiger partial charge in [0.1, 0.15) is 0 Å². The quantitative estimate of drug-likeness (QED) is 0.894. The molecule has 4 heteroatoms. The predicted molar refractivity (Wildman–Crippen MR) is 69.2 cm³/mol. The molecule has 1 saturated heterocycles. The Kier molecular flexibility index (Phi) is 3.93. The maximum absolute atomic E-state index is 5.42. The van der Waals surface area contributed by atoms with Crippen LogP contribution in [0.5, 0.6) is 0 Å². The van der Waals surface area contributed by atoms with Crippen molar-refractivity contribution in [2.45, 2.75) is 63.8 Å². The summed E-state index contributed by atoms with van der Waals surface area (Å²) in [6.07, 6.45) is 11.5. The van der Waals surface area contributed by atoms with Crippen molar-refractivity contribution in [3.63, 3.8) is 0 Å². The Labute approximate surface area is 109 Å². The lowest BCUT2D eigenvalue weighted by Crippen LogP contribution is -2.27. The monoisotopic (exact) mass is 249 g/mol. The number of aromatic nitrogens is 2. The number of nitrogens with zero attached hydrogens (tertiary/aromatic N) is 2. The second-order valence-electron chi connectivity index (χ2n) is 5.76. The van der Waals surface area contributed by atoms with Crippen molar-refractivity contribution in [1.29, 1.82) is 0 Å². The molecule has 1 aromatic heterocycles. The Hall–Kier alpha value is -0.900. The molecule has 0 amide bonds. The van der Waals surface area contributed by atoms with Crippen molar-refractivity contribution in [3.8, 4) is 0 Å². The zero-order valence-corrected chi connectivity index (χ0v) is 11.0. The largest absolute Gasteiger partial charge is 0.339 e. The zero-order valence-electron chi connectivity index (χ0n) is 11.0. The van der Waals surface area contributed by atoms with Crippen LogP contribution in [0.25, 0.3) is 0 Å². The van der Waals surface area contributed by atoms with Crippen molar-refractivity contribution in [2.24, 2.45) is 5.92 Å². The maximum Gasteiger partial charge on any atom is 0.226 e. The van der Waals surface area contributed by atoms with Gasteiger partial charge in [0, 0.05) is 6.42 Å². The minimum Gasteiger partial charge on any atom is -0.339 e. The molecule has 2 heterocycles. The van der Waals surface area contributed by atoms with Gasteiger partial charge in [0.25, 0.3) is 0 Å². The Morgan fingerprint density at radius 1 is 1.06 bits per heavy atom. The molecule has 1 aromatic rings. The van der Waals surface area contributed by atoms with E-state index in [2.05, 4.69) is 15.5 Å². The highest BCUT2D eigenvalue weighted by molar-refractivity contribution is 4.96. The molecule has 100 valence electrons. The third-order valence-corrected chi connectivity index (χ3v) is 4.29. The van der Waals surface area contributed by atoms with Gasteiger partial charge in [-0.1, -0.05) is 30.8 Å². The fourth-order valence-corrected chi connectivity index (χ4v) is 3.20. The van der Waals surface area contributed by atoms with E-state index in [-0.39, 0.29) is 0 Å². The van der Waals surface area contributed by atoms with E-state index in [0.717, 1.165) is 37.0 Å². The standard InChI is InChI=1S/C14H23N3O/c1-2-6-11(7-3-1)10-13-16-14(17-18-13)12-8-4-5-9-15-12/h11-12,15H,1-10H2. The predicted octanol–water partition coefficient (Wildman–Crippen LogP) is 3.01. The first-order valence-electron chi connectivity index (χ1n) is 7.47. The van der Waals surface area contributed by atoms with E-state index in [9.17, 15) is 0 Å². The first-order chi connectivity index (χ1) is 8.92. The van der Waals surface area contributed by atoms with E-state index >= 15 is 0 Å². The lowest BCUT2D eigenvalue weighted by atomic mass is 9.87. The molecule has 0 aromatic carbocycles. The van der Waals surface area contributed by atoms with Gasteiger partial charge in [0.05, 0.1) is 6.04 Å². The summed E-state index contributed by atoms with van der Waals surface area (Å²) in [5.41, 5.74) is 0. The van der Waals surface area contributed by atoms with Crippen LogP contribution in [0, 0.1) is 5.92 Å². The molecule has 1 aliphatic heterocycles. The van der Waals surface area contributed by atoms with Gasteiger partial charge in [-0.15, -0.1) is 0 Å². The normalized spacial score (nSPS) is 26.3. The van der Waals surface area contributed by atoms with Crippen molar-refractivity contribution in [1.82, 2.24) is 15.5 Å². The van der Waals surface area contributed by atoms with Gasteiger partial charge in [-0.3, -0.25) is 0 Å².